The lowest BCUT2D eigenvalue weighted by Crippen LogP contribution is -2.63. The Balaban J connectivity index is 1.97. The van der Waals surface area contributed by atoms with E-state index in [0.29, 0.717) is 6.04 Å². The third-order valence-corrected chi connectivity index (χ3v) is 3.62. The number of piperazine rings is 1. The molecule has 4 heteroatoms. The van der Waals surface area contributed by atoms with Crippen LogP contribution in [-0.2, 0) is 4.79 Å². The third kappa shape index (κ3) is 2.16. The molecular weight excluding hydrogens is 190 g/mol. The molecular formula is C11H21N3O. The standard InChI is InChI=1S/C11H21N3O/c1-11(2)10(15)13-6-7-14(11)8-9-4-3-5-12-9/h9,12H,3-8H2,1-2H3,(H,13,15)/t9-/m1/s1. The van der Waals surface area contributed by atoms with Crippen molar-refractivity contribution in [2.45, 2.75) is 38.3 Å². The van der Waals surface area contributed by atoms with Crippen molar-refractivity contribution in [1.29, 1.82) is 0 Å². The molecule has 86 valence electrons. The lowest BCUT2D eigenvalue weighted by molar-refractivity contribution is -0.135. The summed E-state index contributed by atoms with van der Waals surface area (Å²) in [6, 6.07) is 0.579. The second-order valence-corrected chi connectivity index (χ2v) is 5.05. The summed E-state index contributed by atoms with van der Waals surface area (Å²) < 4.78 is 0. The van der Waals surface area contributed by atoms with Crippen molar-refractivity contribution >= 4 is 5.91 Å². The quantitative estimate of drug-likeness (QED) is 0.673. The van der Waals surface area contributed by atoms with Crippen molar-refractivity contribution in [3.63, 3.8) is 0 Å². The maximum absolute atomic E-state index is 11.7. The maximum atomic E-state index is 11.7. The molecule has 2 saturated heterocycles. The lowest BCUT2D eigenvalue weighted by Gasteiger charge is -2.42. The Kier molecular flexibility index (Phi) is 2.98. The summed E-state index contributed by atoms with van der Waals surface area (Å²) in [5.74, 6) is 0.159. The molecule has 2 heterocycles. The number of amides is 1. The van der Waals surface area contributed by atoms with Crippen molar-refractivity contribution in [1.82, 2.24) is 15.5 Å². The Labute approximate surface area is 91.4 Å². The van der Waals surface area contributed by atoms with Gasteiger partial charge in [-0.25, -0.2) is 0 Å². The topological polar surface area (TPSA) is 44.4 Å². The second kappa shape index (κ2) is 4.10. The predicted molar refractivity (Wildman–Crippen MR) is 59.7 cm³/mol. The minimum atomic E-state index is -0.345. The first-order valence-electron chi connectivity index (χ1n) is 5.87. The minimum Gasteiger partial charge on any atom is -0.353 e. The Bertz CT molecular complexity index is 246. The van der Waals surface area contributed by atoms with Gasteiger partial charge in [-0.1, -0.05) is 0 Å². The van der Waals surface area contributed by atoms with Gasteiger partial charge >= 0.3 is 0 Å². The van der Waals surface area contributed by atoms with E-state index in [4.69, 9.17) is 0 Å². The van der Waals surface area contributed by atoms with E-state index in [1.807, 2.05) is 13.8 Å². The van der Waals surface area contributed by atoms with Crippen molar-refractivity contribution in [2.75, 3.05) is 26.2 Å². The zero-order valence-corrected chi connectivity index (χ0v) is 9.68. The first kappa shape index (κ1) is 10.9. The number of hydrogen-bond acceptors (Lipinski definition) is 3. The zero-order chi connectivity index (χ0) is 10.9. The van der Waals surface area contributed by atoms with Crippen LogP contribution in [0.5, 0.6) is 0 Å². The average Bonchev–Trinajstić information content (AvgIpc) is 2.66. The highest BCUT2D eigenvalue weighted by atomic mass is 16.2. The number of carbonyl (C=O) groups is 1. The number of nitrogens with one attached hydrogen (secondary N) is 2. The molecule has 0 spiro atoms. The molecule has 0 bridgehead atoms. The van der Waals surface area contributed by atoms with Gasteiger partial charge in [-0.3, -0.25) is 9.69 Å². The highest BCUT2D eigenvalue weighted by molar-refractivity contribution is 5.86. The Morgan fingerprint density at radius 3 is 2.93 bits per heavy atom. The van der Waals surface area contributed by atoms with Gasteiger partial charge in [0.15, 0.2) is 0 Å². The van der Waals surface area contributed by atoms with Crippen LogP contribution in [0.15, 0.2) is 0 Å². The van der Waals surface area contributed by atoms with E-state index in [0.717, 1.165) is 26.2 Å². The van der Waals surface area contributed by atoms with E-state index < -0.39 is 0 Å². The van der Waals surface area contributed by atoms with Crippen molar-refractivity contribution < 1.29 is 4.79 Å². The molecule has 0 aliphatic carbocycles. The van der Waals surface area contributed by atoms with Crippen LogP contribution >= 0.6 is 0 Å². The van der Waals surface area contributed by atoms with Gasteiger partial charge in [-0.2, -0.15) is 0 Å². The fraction of sp³-hybridized carbons (Fsp3) is 0.909. The van der Waals surface area contributed by atoms with E-state index in [-0.39, 0.29) is 11.4 Å². The molecule has 0 unspecified atom stereocenters. The predicted octanol–water partition coefficient (Wildman–Crippen LogP) is -0.0512. The van der Waals surface area contributed by atoms with E-state index >= 15 is 0 Å². The van der Waals surface area contributed by atoms with Gasteiger partial charge in [0, 0.05) is 25.7 Å². The van der Waals surface area contributed by atoms with Gasteiger partial charge in [0.2, 0.25) is 5.91 Å². The van der Waals surface area contributed by atoms with Gasteiger partial charge in [-0.05, 0) is 33.2 Å². The van der Waals surface area contributed by atoms with Crippen LogP contribution < -0.4 is 10.6 Å². The minimum absolute atomic E-state index is 0.159. The van der Waals surface area contributed by atoms with Crippen LogP contribution in [0.1, 0.15) is 26.7 Å². The average molecular weight is 211 g/mol. The summed E-state index contributed by atoms with van der Waals surface area (Å²) in [6.45, 7) is 7.91. The monoisotopic (exact) mass is 211 g/mol. The van der Waals surface area contributed by atoms with Gasteiger partial charge in [0.25, 0.3) is 0 Å². The van der Waals surface area contributed by atoms with Gasteiger partial charge in [-0.15, -0.1) is 0 Å². The smallest absolute Gasteiger partial charge is 0.240 e. The molecule has 2 aliphatic rings. The van der Waals surface area contributed by atoms with Crippen LogP contribution in [0.2, 0.25) is 0 Å². The highest BCUT2D eigenvalue weighted by Gasteiger charge is 2.38. The van der Waals surface area contributed by atoms with Gasteiger partial charge in [0.1, 0.15) is 0 Å². The molecule has 15 heavy (non-hydrogen) atoms. The van der Waals surface area contributed by atoms with Crippen LogP contribution in [0.25, 0.3) is 0 Å². The summed E-state index contributed by atoms with van der Waals surface area (Å²) in [5.41, 5.74) is -0.345. The SMILES string of the molecule is CC1(C)C(=O)NCCN1C[C@H]1CCCN1. The summed E-state index contributed by atoms with van der Waals surface area (Å²) in [4.78, 5) is 14.0. The molecule has 2 aliphatic heterocycles. The molecule has 4 nitrogen and oxygen atoms in total. The molecule has 1 atom stereocenters. The Morgan fingerprint density at radius 2 is 2.27 bits per heavy atom. The molecule has 2 rings (SSSR count). The van der Waals surface area contributed by atoms with Crippen molar-refractivity contribution in [3.05, 3.63) is 0 Å². The van der Waals surface area contributed by atoms with Crippen LogP contribution in [0.4, 0.5) is 0 Å². The summed E-state index contributed by atoms with van der Waals surface area (Å²) in [5, 5.41) is 6.41. The molecule has 0 saturated carbocycles. The summed E-state index contributed by atoms with van der Waals surface area (Å²) in [6.07, 6.45) is 2.51. The number of carbonyl (C=O) groups excluding carboxylic acids is 1. The Morgan fingerprint density at radius 1 is 1.47 bits per heavy atom. The summed E-state index contributed by atoms with van der Waals surface area (Å²) >= 11 is 0. The fourth-order valence-corrected chi connectivity index (χ4v) is 2.44. The normalized spacial score (nSPS) is 31.6. The van der Waals surface area contributed by atoms with Crippen LogP contribution in [0, 0.1) is 0 Å². The van der Waals surface area contributed by atoms with E-state index in [1.54, 1.807) is 0 Å². The number of hydrogen-bond donors (Lipinski definition) is 2. The number of nitrogens with zero attached hydrogens (tertiary/aromatic N) is 1. The molecule has 0 radical (unpaired) electrons. The highest BCUT2D eigenvalue weighted by Crippen LogP contribution is 2.19. The zero-order valence-electron chi connectivity index (χ0n) is 9.68. The third-order valence-electron chi connectivity index (χ3n) is 3.62. The molecule has 0 aromatic carbocycles. The largest absolute Gasteiger partial charge is 0.353 e. The molecule has 1 amide bonds. The fourth-order valence-electron chi connectivity index (χ4n) is 2.44. The first-order valence-corrected chi connectivity index (χ1v) is 5.87. The number of rotatable bonds is 2. The molecule has 2 fully saturated rings. The van der Waals surface area contributed by atoms with Crippen molar-refractivity contribution in [2.24, 2.45) is 0 Å². The van der Waals surface area contributed by atoms with E-state index in [2.05, 4.69) is 15.5 Å². The second-order valence-electron chi connectivity index (χ2n) is 5.05. The summed E-state index contributed by atoms with van der Waals surface area (Å²) in [7, 11) is 0. The van der Waals surface area contributed by atoms with Crippen LogP contribution in [0.3, 0.4) is 0 Å². The molecule has 0 aromatic heterocycles. The maximum Gasteiger partial charge on any atom is 0.240 e. The van der Waals surface area contributed by atoms with Crippen molar-refractivity contribution in [3.8, 4) is 0 Å². The molecule has 2 N–H and O–H groups in total. The van der Waals surface area contributed by atoms with Gasteiger partial charge < -0.3 is 10.6 Å². The van der Waals surface area contributed by atoms with Gasteiger partial charge in [0.05, 0.1) is 5.54 Å². The first-order chi connectivity index (χ1) is 7.10. The molecule has 0 aromatic rings. The lowest BCUT2D eigenvalue weighted by atomic mass is 9.98. The van der Waals surface area contributed by atoms with Crippen LogP contribution in [-0.4, -0.2) is 48.6 Å². The van der Waals surface area contributed by atoms with E-state index in [9.17, 15) is 4.79 Å². The Hall–Kier alpha value is -0.610. The van der Waals surface area contributed by atoms with E-state index in [1.165, 1.54) is 12.8 Å².